The molecule has 0 unspecified atom stereocenters. The molecule has 1 aromatic carbocycles. The Kier molecular flexibility index (Phi) is 3.78. The normalized spacial score (nSPS) is 10.6. The predicted molar refractivity (Wildman–Crippen MR) is 82.0 cm³/mol. The van der Waals surface area contributed by atoms with Crippen LogP contribution in [0.15, 0.2) is 48.8 Å². The van der Waals surface area contributed by atoms with Gasteiger partial charge in [0.15, 0.2) is 5.65 Å². The molecule has 0 bridgehead atoms. The Morgan fingerprint density at radius 2 is 2.00 bits per heavy atom. The van der Waals surface area contributed by atoms with E-state index in [-0.39, 0.29) is 0 Å². The van der Waals surface area contributed by atoms with Gasteiger partial charge in [0.25, 0.3) is 0 Å². The minimum atomic E-state index is -0.401. The van der Waals surface area contributed by atoms with E-state index in [9.17, 15) is 4.79 Å². The first-order valence-electron chi connectivity index (χ1n) is 6.92. The second kappa shape index (κ2) is 5.89. The zero-order valence-electron chi connectivity index (χ0n) is 12.4. The van der Waals surface area contributed by atoms with Gasteiger partial charge in [-0.15, -0.1) is 0 Å². The molecular formula is C17H16N2O3. The highest BCUT2D eigenvalue weighted by Crippen LogP contribution is 2.16. The maximum atomic E-state index is 11.7. The standard InChI is InChI=1S/C17H16N2O3/c1-12-5-7-14(8-6-12)22-11-13-10-19-9-3-4-15(16(19)18-13)17(20)21-2/h3-10H,11H2,1-2H3. The van der Waals surface area contributed by atoms with Crippen LogP contribution in [0.25, 0.3) is 5.65 Å². The Labute approximate surface area is 128 Å². The molecule has 5 nitrogen and oxygen atoms in total. The summed E-state index contributed by atoms with van der Waals surface area (Å²) in [5.41, 5.74) is 2.93. The summed E-state index contributed by atoms with van der Waals surface area (Å²) in [6.45, 7) is 2.37. The van der Waals surface area contributed by atoms with Crippen molar-refractivity contribution in [2.24, 2.45) is 0 Å². The van der Waals surface area contributed by atoms with Gasteiger partial charge in [-0.1, -0.05) is 17.7 Å². The van der Waals surface area contributed by atoms with Crippen molar-refractivity contribution >= 4 is 11.6 Å². The van der Waals surface area contributed by atoms with E-state index in [1.807, 2.05) is 43.6 Å². The molecule has 3 aromatic rings. The van der Waals surface area contributed by atoms with Gasteiger partial charge >= 0.3 is 5.97 Å². The molecule has 0 atom stereocenters. The van der Waals surface area contributed by atoms with Crippen LogP contribution in [0, 0.1) is 6.92 Å². The second-order valence-electron chi connectivity index (χ2n) is 4.98. The molecule has 3 rings (SSSR count). The maximum absolute atomic E-state index is 11.7. The minimum Gasteiger partial charge on any atom is -0.487 e. The van der Waals surface area contributed by atoms with E-state index in [1.165, 1.54) is 12.7 Å². The third kappa shape index (κ3) is 2.79. The van der Waals surface area contributed by atoms with Crippen LogP contribution in [0.4, 0.5) is 0 Å². The number of hydrogen-bond acceptors (Lipinski definition) is 4. The largest absolute Gasteiger partial charge is 0.487 e. The first-order chi connectivity index (χ1) is 10.7. The molecule has 0 saturated heterocycles. The smallest absolute Gasteiger partial charge is 0.341 e. The van der Waals surface area contributed by atoms with Crippen LogP contribution in [-0.4, -0.2) is 22.5 Å². The van der Waals surface area contributed by atoms with E-state index in [1.54, 1.807) is 16.5 Å². The van der Waals surface area contributed by atoms with Gasteiger partial charge < -0.3 is 13.9 Å². The molecule has 2 heterocycles. The summed E-state index contributed by atoms with van der Waals surface area (Å²) in [4.78, 5) is 16.2. The number of imidazole rings is 1. The molecule has 5 heteroatoms. The van der Waals surface area contributed by atoms with Crippen molar-refractivity contribution in [3.05, 3.63) is 65.6 Å². The lowest BCUT2D eigenvalue weighted by atomic mass is 10.2. The second-order valence-corrected chi connectivity index (χ2v) is 4.98. The quantitative estimate of drug-likeness (QED) is 0.694. The summed E-state index contributed by atoms with van der Waals surface area (Å²) in [5.74, 6) is 0.387. The molecule has 22 heavy (non-hydrogen) atoms. The maximum Gasteiger partial charge on any atom is 0.341 e. The van der Waals surface area contributed by atoms with Gasteiger partial charge in [-0.05, 0) is 31.2 Å². The monoisotopic (exact) mass is 296 g/mol. The predicted octanol–water partition coefficient (Wildman–Crippen LogP) is 3.01. The van der Waals surface area contributed by atoms with Crippen molar-refractivity contribution in [3.63, 3.8) is 0 Å². The fourth-order valence-corrected chi connectivity index (χ4v) is 2.19. The number of ether oxygens (including phenoxy) is 2. The van der Waals surface area contributed by atoms with E-state index in [0.717, 1.165) is 11.4 Å². The number of methoxy groups -OCH3 is 1. The Balaban J connectivity index is 1.83. The summed E-state index contributed by atoms with van der Waals surface area (Å²) >= 11 is 0. The Morgan fingerprint density at radius 1 is 1.23 bits per heavy atom. The van der Waals surface area contributed by atoms with Crippen molar-refractivity contribution < 1.29 is 14.3 Å². The van der Waals surface area contributed by atoms with Crippen LogP contribution in [0.2, 0.25) is 0 Å². The molecule has 0 N–H and O–H groups in total. The summed E-state index contributed by atoms with van der Waals surface area (Å²) < 4.78 is 12.3. The summed E-state index contributed by atoms with van der Waals surface area (Å²) in [6.07, 6.45) is 3.68. The van der Waals surface area contributed by atoms with E-state index in [4.69, 9.17) is 9.47 Å². The summed E-state index contributed by atoms with van der Waals surface area (Å²) in [5, 5.41) is 0. The third-order valence-electron chi connectivity index (χ3n) is 3.35. The molecule has 0 aliphatic rings. The lowest BCUT2D eigenvalue weighted by Crippen LogP contribution is -2.03. The van der Waals surface area contributed by atoms with E-state index in [0.29, 0.717) is 17.8 Å². The van der Waals surface area contributed by atoms with E-state index < -0.39 is 5.97 Å². The lowest BCUT2D eigenvalue weighted by molar-refractivity contribution is 0.0602. The minimum absolute atomic E-state index is 0.339. The number of hydrogen-bond donors (Lipinski definition) is 0. The van der Waals surface area contributed by atoms with Gasteiger partial charge in [0.05, 0.1) is 12.8 Å². The van der Waals surface area contributed by atoms with Gasteiger partial charge in [0.2, 0.25) is 0 Å². The van der Waals surface area contributed by atoms with Crippen molar-refractivity contribution in [2.45, 2.75) is 13.5 Å². The van der Waals surface area contributed by atoms with E-state index in [2.05, 4.69) is 4.98 Å². The van der Waals surface area contributed by atoms with Crippen LogP contribution in [0.3, 0.4) is 0 Å². The van der Waals surface area contributed by atoms with Crippen molar-refractivity contribution in [1.82, 2.24) is 9.38 Å². The fourth-order valence-electron chi connectivity index (χ4n) is 2.19. The third-order valence-corrected chi connectivity index (χ3v) is 3.35. The number of fused-ring (bicyclic) bond motifs is 1. The molecule has 0 fully saturated rings. The number of benzene rings is 1. The number of carbonyl (C=O) groups is 1. The van der Waals surface area contributed by atoms with Crippen LogP contribution >= 0.6 is 0 Å². The molecule has 0 amide bonds. The molecular weight excluding hydrogens is 280 g/mol. The number of esters is 1. The average Bonchev–Trinajstić information content (AvgIpc) is 2.96. The van der Waals surface area contributed by atoms with Crippen LogP contribution in [0.5, 0.6) is 5.75 Å². The molecule has 0 aliphatic carbocycles. The molecule has 0 aliphatic heterocycles. The number of rotatable bonds is 4. The fraction of sp³-hybridized carbons (Fsp3) is 0.176. The number of carbonyl (C=O) groups excluding carboxylic acids is 1. The Bertz CT molecular complexity index is 806. The molecule has 0 spiro atoms. The lowest BCUT2D eigenvalue weighted by Gasteiger charge is -2.03. The van der Waals surface area contributed by atoms with Gasteiger partial charge in [-0.3, -0.25) is 0 Å². The van der Waals surface area contributed by atoms with Gasteiger partial charge in [-0.25, -0.2) is 9.78 Å². The Morgan fingerprint density at radius 3 is 2.73 bits per heavy atom. The van der Waals surface area contributed by atoms with Crippen LogP contribution in [-0.2, 0) is 11.3 Å². The van der Waals surface area contributed by atoms with Crippen molar-refractivity contribution in [2.75, 3.05) is 7.11 Å². The highest BCUT2D eigenvalue weighted by molar-refractivity contribution is 5.95. The number of pyridine rings is 1. The SMILES string of the molecule is COC(=O)c1cccn2cc(COc3ccc(C)cc3)nc12. The molecule has 0 saturated carbocycles. The molecule has 0 radical (unpaired) electrons. The topological polar surface area (TPSA) is 52.8 Å². The number of aromatic nitrogens is 2. The van der Waals surface area contributed by atoms with Crippen molar-refractivity contribution in [1.29, 1.82) is 0 Å². The summed E-state index contributed by atoms with van der Waals surface area (Å²) in [6, 6.07) is 11.3. The molecule has 112 valence electrons. The molecule has 2 aromatic heterocycles. The number of nitrogens with zero attached hydrogens (tertiary/aromatic N) is 2. The van der Waals surface area contributed by atoms with E-state index >= 15 is 0 Å². The first-order valence-corrected chi connectivity index (χ1v) is 6.92. The zero-order valence-corrected chi connectivity index (χ0v) is 12.4. The van der Waals surface area contributed by atoms with Gasteiger partial charge in [0, 0.05) is 12.4 Å². The highest BCUT2D eigenvalue weighted by atomic mass is 16.5. The van der Waals surface area contributed by atoms with Gasteiger partial charge in [0.1, 0.15) is 17.9 Å². The van der Waals surface area contributed by atoms with Crippen LogP contribution in [0.1, 0.15) is 21.6 Å². The van der Waals surface area contributed by atoms with Gasteiger partial charge in [-0.2, -0.15) is 0 Å². The zero-order chi connectivity index (χ0) is 15.5. The van der Waals surface area contributed by atoms with Crippen LogP contribution < -0.4 is 4.74 Å². The first kappa shape index (κ1) is 14.1. The highest BCUT2D eigenvalue weighted by Gasteiger charge is 2.13. The average molecular weight is 296 g/mol. The summed E-state index contributed by atoms with van der Waals surface area (Å²) in [7, 11) is 1.36. The van der Waals surface area contributed by atoms with Crippen molar-refractivity contribution in [3.8, 4) is 5.75 Å². The Hall–Kier alpha value is -2.82. The number of aryl methyl sites for hydroxylation is 1.